The molecule has 0 aromatic heterocycles. The second-order valence-corrected chi connectivity index (χ2v) is 7.15. The molecule has 0 bridgehead atoms. The van der Waals surface area contributed by atoms with Crippen molar-refractivity contribution in [1.82, 2.24) is 10.6 Å². The fourth-order valence-corrected chi connectivity index (χ4v) is 3.29. The SMILES string of the molecule is Cl.O=C(COc1ccccc1)NC[C@@H]1CNCCO[C@H]1c1ccc(Cl)c(Cl)c1. The lowest BCUT2D eigenvalue weighted by atomic mass is 9.95. The zero-order chi connectivity index (χ0) is 19.1. The summed E-state index contributed by atoms with van der Waals surface area (Å²) in [4.78, 5) is 12.2. The third-order valence-corrected chi connectivity index (χ3v) is 5.10. The highest BCUT2D eigenvalue weighted by molar-refractivity contribution is 6.42. The van der Waals surface area contributed by atoms with Crippen molar-refractivity contribution < 1.29 is 14.3 Å². The smallest absolute Gasteiger partial charge is 0.257 e. The number of hydrogen-bond donors (Lipinski definition) is 2. The molecule has 1 heterocycles. The lowest BCUT2D eigenvalue weighted by Crippen LogP contribution is -2.38. The molecule has 5 nitrogen and oxygen atoms in total. The molecule has 0 aliphatic carbocycles. The molecular weight excluding hydrogens is 423 g/mol. The number of carbonyl (C=O) groups excluding carboxylic acids is 1. The molecule has 1 aliphatic heterocycles. The van der Waals surface area contributed by atoms with Gasteiger partial charge in [-0.25, -0.2) is 0 Å². The first-order chi connectivity index (χ1) is 13.1. The summed E-state index contributed by atoms with van der Waals surface area (Å²) in [6.45, 7) is 2.52. The molecule has 2 aromatic rings. The Labute approximate surface area is 181 Å². The fourth-order valence-electron chi connectivity index (χ4n) is 2.99. The van der Waals surface area contributed by atoms with Crippen LogP contribution in [0.5, 0.6) is 5.75 Å². The molecule has 1 aliphatic rings. The number of para-hydroxylation sites is 1. The number of rotatable bonds is 6. The first-order valence-corrected chi connectivity index (χ1v) is 9.61. The van der Waals surface area contributed by atoms with Crippen LogP contribution in [0.1, 0.15) is 11.7 Å². The number of hydrogen-bond acceptors (Lipinski definition) is 4. The minimum absolute atomic E-state index is 0. The Balaban J connectivity index is 0.00000280. The van der Waals surface area contributed by atoms with Crippen molar-refractivity contribution in [2.24, 2.45) is 5.92 Å². The number of benzene rings is 2. The van der Waals surface area contributed by atoms with Gasteiger partial charge in [0.15, 0.2) is 6.61 Å². The summed E-state index contributed by atoms with van der Waals surface area (Å²) in [7, 11) is 0. The summed E-state index contributed by atoms with van der Waals surface area (Å²) >= 11 is 12.2. The lowest BCUT2D eigenvalue weighted by molar-refractivity contribution is -0.123. The van der Waals surface area contributed by atoms with Crippen molar-refractivity contribution in [2.45, 2.75) is 6.10 Å². The van der Waals surface area contributed by atoms with Crippen LogP contribution in [0.25, 0.3) is 0 Å². The summed E-state index contributed by atoms with van der Waals surface area (Å²) in [6.07, 6.45) is -0.176. The number of ether oxygens (including phenoxy) is 2. The Hall–Kier alpha value is -1.50. The number of carbonyl (C=O) groups is 1. The molecule has 0 radical (unpaired) electrons. The molecule has 2 N–H and O–H groups in total. The van der Waals surface area contributed by atoms with Crippen LogP contribution >= 0.6 is 35.6 Å². The van der Waals surface area contributed by atoms with E-state index in [1.807, 2.05) is 42.5 Å². The average Bonchev–Trinajstić information content (AvgIpc) is 2.93. The Morgan fingerprint density at radius 2 is 1.96 bits per heavy atom. The van der Waals surface area contributed by atoms with Gasteiger partial charge >= 0.3 is 0 Å². The Morgan fingerprint density at radius 3 is 2.71 bits per heavy atom. The van der Waals surface area contributed by atoms with Gasteiger partial charge in [-0.1, -0.05) is 47.5 Å². The lowest BCUT2D eigenvalue weighted by Gasteiger charge is -2.25. The van der Waals surface area contributed by atoms with Gasteiger partial charge in [-0.05, 0) is 29.8 Å². The molecule has 1 saturated heterocycles. The van der Waals surface area contributed by atoms with Gasteiger partial charge in [-0.15, -0.1) is 12.4 Å². The van der Waals surface area contributed by atoms with E-state index < -0.39 is 0 Å². The quantitative estimate of drug-likeness (QED) is 0.708. The molecule has 3 rings (SSSR count). The van der Waals surface area contributed by atoms with Gasteiger partial charge in [0.05, 0.1) is 22.8 Å². The van der Waals surface area contributed by atoms with E-state index in [1.165, 1.54) is 0 Å². The highest BCUT2D eigenvalue weighted by Gasteiger charge is 2.27. The van der Waals surface area contributed by atoms with Gasteiger partial charge in [-0.3, -0.25) is 4.79 Å². The summed E-state index contributed by atoms with van der Waals surface area (Å²) in [5.74, 6) is 0.558. The minimum atomic E-state index is -0.176. The number of amides is 1. The van der Waals surface area contributed by atoms with Crippen LogP contribution < -0.4 is 15.4 Å². The Bertz CT molecular complexity index is 762. The van der Waals surface area contributed by atoms with Gasteiger partial charge in [0.1, 0.15) is 5.75 Å². The second kappa shape index (κ2) is 11.5. The third kappa shape index (κ3) is 6.54. The van der Waals surface area contributed by atoms with Crippen molar-refractivity contribution >= 4 is 41.5 Å². The van der Waals surface area contributed by atoms with E-state index in [4.69, 9.17) is 32.7 Å². The summed E-state index contributed by atoms with van der Waals surface area (Å²) in [5, 5.41) is 7.28. The highest BCUT2D eigenvalue weighted by Crippen LogP contribution is 2.31. The van der Waals surface area contributed by atoms with E-state index in [0.717, 1.165) is 18.7 Å². The van der Waals surface area contributed by atoms with E-state index in [1.54, 1.807) is 6.07 Å². The molecule has 0 unspecified atom stereocenters. The third-order valence-electron chi connectivity index (χ3n) is 4.36. The van der Waals surface area contributed by atoms with Crippen molar-refractivity contribution in [3.8, 4) is 5.75 Å². The van der Waals surface area contributed by atoms with Crippen molar-refractivity contribution in [3.63, 3.8) is 0 Å². The van der Waals surface area contributed by atoms with Gasteiger partial charge in [0.2, 0.25) is 0 Å². The molecule has 0 saturated carbocycles. The van der Waals surface area contributed by atoms with E-state index in [0.29, 0.717) is 28.9 Å². The van der Waals surface area contributed by atoms with Gasteiger partial charge in [0, 0.05) is 25.6 Å². The monoisotopic (exact) mass is 444 g/mol. The van der Waals surface area contributed by atoms with Crippen LogP contribution in [-0.4, -0.2) is 38.8 Å². The van der Waals surface area contributed by atoms with E-state index in [2.05, 4.69) is 10.6 Å². The molecule has 0 spiro atoms. The predicted molar refractivity (Wildman–Crippen MR) is 114 cm³/mol. The largest absolute Gasteiger partial charge is 0.484 e. The van der Waals surface area contributed by atoms with Gasteiger partial charge in [0.25, 0.3) is 5.91 Å². The summed E-state index contributed by atoms with van der Waals surface area (Å²) in [5.41, 5.74) is 0.952. The van der Waals surface area contributed by atoms with Crippen molar-refractivity contribution in [3.05, 3.63) is 64.1 Å². The minimum Gasteiger partial charge on any atom is -0.484 e. The molecule has 2 atom stereocenters. The summed E-state index contributed by atoms with van der Waals surface area (Å²) in [6, 6.07) is 14.8. The second-order valence-electron chi connectivity index (χ2n) is 6.33. The Kier molecular flexibility index (Phi) is 9.35. The number of nitrogens with one attached hydrogen (secondary N) is 2. The molecule has 1 fully saturated rings. The predicted octanol–water partition coefficient (Wildman–Crippen LogP) is 3.89. The van der Waals surface area contributed by atoms with Crippen molar-refractivity contribution in [1.29, 1.82) is 0 Å². The maximum Gasteiger partial charge on any atom is 0.257 e. The van der Waals surface area contributed by atoms with Crippen LogP contribution in [0.3, 0.4) is 0 Å². The summed E-state index contributed by atoms with van der Waals surface area (Å²) < 4.78 is 11.5. The van der Waals surface area contributed by atoms with Crippen molar-refractivity contribution in [2.75, 3.05) is 32.8 Å². The zero-order valence-corrected chi connectivity index (χ0v) is 17.5. The molecular formula is C20H23Cl3N2O3. The first kappa shape index (κ1) is 22.8. The zero-order valence-electron chi connectivity index (χ0n) is 15.2. The fraction of sp³-hybridized carbons (Fsp3) is 0.350. The van der Waals surface area contributed by atoms with E-state index >= 15 is 0 Å². The van der Waals surface area contributed by atoms with Crippen LogP contribution in [0, 0.1) is 5.92 Å². The van der Waals surface area contributed by atoms with Gasteiger partial charge < -0.3 is 20.1 Å². The van der Waals surface area contributed by atoms with E-state index in [9.17, 15) is 4.79 Å². The topological polar surface area (TPSA) is 59.6 Å². The normalized spacial score (nSPS) is 19.2. The molecule has 152 valence electrons. The van der Waals surface area contributed by atoms with Crippen LogP contribution in [-0.2, 0) is 9.53 Å². The maximum atomic E-state index is 12.2. The Morgan fingerprint density at radius 1 is 1.18 bits per heavy atom. The van der Waals surface area contributed by atoms with Crippen LogP contribution in [0.2, 0.25) is 10.0 Å². The first-order valence-electron chi connectivity index (χ1n) is 8.85. The molecule has 28 heavy (non-hydrogen) atoms. The standard InChI is InChI=1S/C20H22Cl2N2O3.ClH/c21-17-7-6-14(10-18(17)22)20-15(11-23-8-9-26-20)12-24-19(25)13-27-16-4-2-1-3-5-16;/h1-7,10,15,20,23H,8-9,11-13H2,(H,24,25);1H/t15-,20-;/m0./s1. The van der Waals surface area contributed by atoms with Crippen LogP contribution in [0.15, 0.2) is 48.5 Å². The van der Waals surface area contributed by atoms with E-state index in [-0.39, 0.29) is 36.9 Å². The molecule has 2 aromatic carbocycles. The molecule has 1 amide bonds. The van der Waals surface area contributed by atoms with Gasteiger partial charge in [-0.2, -0.15) is 0 Å². The number of halogens is 3. The maximum absolute atomic E-state index is 12.2. The van der Waals surface area contributed by atoms with Crippen LogP contribution in [0.4, 0.5) is 0 Å². The average molecular weight is 446 g/mol. The highest BCUT2D eigenvalue weighted by atomic mass is 35.5. The molecule has 8 heteroatoms.